The Morgan fingerprint density at radius 1 is 1.25 bits per heavy atom. The van der Waals surface area contributed by atoms with Gasteiger partial charge < -0.3 is 4.40 Å². The number of halogens is 3. The second kappa shape index (κ2) is 4.94. The Labute approximate surface area is 122 Å². The molecule has 2 heterocycles. The first-order valence-electron chi connectivity index (χ1n) is 5.97. The van der Waals surface area contributed by atoms with E-state index < -0.39 is 11.6 Å². The van der Waals surface area contributed by atoms with Crippen LogP contribution in [0.25, 0.3) is 5.65 Å². The smallest absolute Gasteiger partial charge is 0.158 e. The first kappa shape index (κ1) is 13.2. The van der Waals surface area contributed by atoms with E-state index in [0.29, 0.717) is 27.9 Å². The average Bonchev–Trinajstić information content (AvgIpc) is 2.84. The number of aromatic nitrogens is 3. The van der Waals surface area contributed by atoms with Gasteiger partial charge in [0.1, 0.15) is 16.2 Å². The quantitative estimate of drug-likeness (QED) is 0.714. The van der Waals surface area contributed by atoms with E-state index in [9.17, 15) is 8.78 Å². The zero-order valence-corrected chi connectivity index (χ0v) is 12.2. The van der Waals surface area contributed by atoms with Gasteiger partial charge in [0.15, 0.2) is 5.65 Å². The first-order valence-corrected chi connectivity index (χ1v) is 6.76. The van der Waals surface area contributed by atoms with Crippen LogP contribution in [0.2, 0.25) is 0 Å². The molecular weight excluding hydrogens is 328 g/mol. The third kappa shape index (κ3) is 2.31. The van der Waals surface area contributed by atoms with Crippen molar-refractivity contribution in [2.75, 3.05) is 0 Å². The molecule has 3 rings (SSSR count). The lowest BCUT2D eigenvalue weighted by Gasteiger charge is -2.07. The van der Waals surface area contributed by atoms with Crippen molar-refractivity contribution < 1.29 is 8.78 Å². The summed E-state index contributed by atoms with van der Waals surface area (Å²) in [5.74, 6) is -1.09. The van der Waals surface area contributed by atoms with Crippen molar-refractivity contribution in [1.82, 2.24) is 14.4 Å². The number of imidazole rings is 1. The topological polar surface area (TPSA) is 30.2 Å². The summed E-state index contributed by atoms with van der Waals surface area (Å²) < 4.78 is 29.6. The van der Waals surface area contributed by atoms with Crippen LogP contribution in [0.3, 0.4) is 0 Å². The van der Waals surface area contributed by atoms with Gasteiger partial charge in [0, 0.05) is 30.6 Å². The Kier molecular flexibility index (Phi) is 3.25. The second-order valence-electron chi connectivity index (χ2n) is 4.53. The molecule has 0 saturated carbocycles. The highest BCUT2D eigenvalue weighted by Gasteiger charge is 2.11. The molecule has 0 amide bonds. The van der Waals surface area contributed by atoms with Gasteiger partial charge in [-0.25, -0.2) is 18.7 Å². The van der Waals surface area contributed by atoms with Crippen LogP contribution in [0.1, 0.15) is 16.8 Å². The Morgan fingerprint density at radius 3 is 2.65 bits per heavy atom. The van der Waals surface area contributed by atoms with Crippen molar-refractivity contribution in [1.29, 1.82) is 0 Å². The second-order valence-corrected chi connectivity index (χ2v) is 5.34. The number of nitrogens with zero attached hydrogens (tertiary/aromatic N) is 3. The van der Waals surface area contributed by atoms with Gasteiger partial charge >= 0.3 is 0 Å². The molecule has 0 N–H and O–H groups in total. The molecule has 0 atom stereocenters. The highest BCUT2D eigenvalue weighted by atomic mass is 79.9. The maximum Gasteiger partial charge on any atom is 0.158 e. The summed E-state index contributed by atoms with van der Waals surface area (Å²) in [7, 11) is 0. The summed E-state index contributed by atoms with van der Waals surface area (Å²) in [6.07, 6.45) is 5.54. The van der Waals surface area contributed by atoms with Gasteiger partial charge in [-0.2, -0.15) is 0 Å². The molecule has 20 heavy (non-hydrogen) atoms. The first-order chi connectivity index (χ1) is 9.54. The molecule has 2 aromatic heterocycles. The van der Waals surface area contributed by atoms with E-state index in [2.05, 4.69) is 25.9 Å². The highest BCUT2D eigenvalue weighted by Crippen LogP contribution is 2.19. The Hall–Kier alpha value is -1.82. The Morgan fingerprint density at radius 2 is 1.95 bits per heavy atom. The number of benzene rings is 1. The molecule has 3 aromatic rings. The molecule has 102 valence electrons. The SMILES string of the molecule is Cc1c(F)cc(Cc2nc(Br)cn3ccnc23)cc1F. The monoisotopic (exact) mass is 337 g/mol. The van der Waals surface area contributed by atoms with Gasteiger partial charge in [0.05, 0.1) is 5.69 Å². The van der Waals surface area contributed by atoms with Crippen molar-refractivity contribution >= 4 is 21.6 Å². The van der Waals surface area contributed by atoms with Crippen LogP contribution in [0, 0.1) is 18.6 Å². The van der Waals surface area contributed by atoms with Gasteiger partial charge in [0.25, 0.3) is 0 Å². The standard InChI is InChI=1S/C14H10BrF2N3/c1-8-10(16)4-9(5-11(8)17)6-12-14-18-2-3-20(14)7-13(15)19-12/h2-5,7H,6H2,1H3. The molecule has 3 nitrogen and oxygen atoms in total. The van der Waals surface area contributed by atoms with Gasteiger partial charge in [0.2, 0.25) is 0 Å². The minimum Gasteiger partial charge on any atom is -0.303 e. The molecule has 0 fully saturated rings. The van der Waals surface area contributed by atoms with Crippen molar-refractivity contribution in [3.63, 3.8) is 0 Å². The molecule has 1 aromatic carbocycles. The van der Waals surface area contributed by atoms with Crippen LogP contribution in [0.15, 0.2) is 35.3 Å². The molecule has 0 saturated heterocycles. The predicted octanol–water partition coefficient (Wildman–Crippen LogP) is 3.67. The number of hydrogen-bond acceptors (Lipinski definition) is 2. The van der Waals surface area contributed by atoms with E-state index in [1.807, 2.05) is 4.40 Å². The fourth-order valence-corrected chi connectivity index (χ4v) is 2.51. The largest absolute Gasteiger partial charge is 0.303 e. The minimum atomic E-state index is -0.547. The third-order valence-corrected chi connectivity index (χ3v) is 3.51. The van der Waals surface area contributed by atoms with E-state index in [4.69, 9.17) is 0 Å². The van der Waals surface area contributed by atoms with E-state index in [1.54, 1.807) is 18.6 Å². The zero-order valence-electron chi connectivity index (χ0n) is 10.6. The Bertz CT molecular complexity index is 775. The van der Waals surface area contributed by atoms with Crippen LogP contribution in [-0.4, -0.2) is 14.4 Å². The van der Waals surface area contributed by atoms with Crippen molar-refractivity contribution in [3.05, 3.63) is 63.8 Å². The summed E-state index contributed by atoms with van der Waals surface area (Å²) in [5, 5.41) is 0. The van der Waals surface area contributed by atoms with Crippen LogP contribution < -0.4 is 0 Å². The summed E-state index contributed by atoms with van der Waals surface area (Å²) in [5.41, 5.74) is 1.89. The lowest BCUT2D eigenvalue weighted by atomic mass is 10.1. The number of rotatable bonds is 2. The Balaban J connectivity index is 2.07. The molecule has 0 aliphatic heterocycles. The molecule has 0 radical (unpaired) electrons. The van der Waals surface area contributed by atoms with E-state index in [0.717, 1.165) is 0 Å². The number of fused-ring (bicyclic) bond motifs is 1. The maximum absolute atomic E-state index is 13.6. The van der Waals surface area contributed by atoms with Crippen molar-refractivity contribution in [2.45, 2.75) is 13.3 Å². The lowest BCUT2D eigenvalue weighted by Crippen LogP contribution is -2.01. The third-order valence-electron chi connectivity index (χ3n) is 3.13. The molecular formula is C14H10BrF2N3. The van der Waals surface area contributed by atoms with Crippen LogP contribution >= 0.6 is 15.9 Å². The zero-order chi connectivity index (χ0) is 14.3. The summed E-state index contributed by atoms with van der Waals surface area (Å²) >= 11 is 3.31. The summed E-state index contributed by atoms with van der Waals surface area (Å²) in [4.78, 5) is 8.55. The molecule has 0 spiro atoms. The van der Waals surface area contributed by atoms with Gasteiger partial charge in [-0.3, -0.25) is 0 Å². The highest BCUT2D eigenvalue weighted by molar-refractivity contribution is 9.10. The fraction of sp³-hybridized carbons (Fsp3) is 0.143. The molecule has 0 aliphatic rings. The summed E-state index contributed by atoms with van der Waals surface area (Å²) in [6.45, 7) is 1.42. The van der Waals surface area contributed by atoms with E-state index in [1.165, 1.54) is 19.1 Å². The predicted molar refractivity (Wildman–Crippen MR) is 74.6 cm³/mol. The molecule has 0 bridgehead atoms. The van der Waals surface area contributed by atoms with Crippen LogP contribution in [-0.2, 0) is 6.42 Å². The van der Waals surface area contributed by atoms with Crippen LogP contribution in [0.5, 0.6) is 0 Å². The average molecular weight is 338 g/mol. The molecule has 6 heteroatoms. The van der Waals surface area contributed by atoms with Gasteiger partial charge in [-0.1, -0.05) is 0 Å². The number of hydrogen-bond donors (Lipinski definition) is 0. The van der Waals surface area contributed by atoms with Crippen molar-refractivity contribution in [3.8, 4) is 0 Å². The van der Waals surface area contributed by atoms with E-state index >= 15 is 0 Å². The van der Waals surface area contributed by atoms with Gasteiger partial charge in [-0.05, 0) is 40.5 Å². The van der Waals surface area contributed by atoms with Gasteiger partial charge in [-0.15, -0.1) is 0 Å². The van der Waals surface area contributed by atoms with Crippen LogP contribution in [0.4, 0.5) is 8.78 Å². The van der Waals surface area contributed by atoms with E-state index in [-0.39, 0.29) is 5.56 Å². The fourth-order valence-electron chi connectivity index (χ4n) is 2.08. The minimum absolute atomic E-state index is 0.0295. The molecule has 0 aliphatic carbocycles. The summed E-state index contributed by atoms with van der Waals surface area (Å²) in [6, 6.07) is 2.67. The van der Waals surface area contributed by atoms with Crippen molar-refractivity contribution in [2.24, 2.45) is 0 Å². The molecule has 0 unspecified atom stereocenters. The maximum atomic E-state index is 13.6. The normalized spacial score (nSPS) is 11.2. The lowest BCUT2D eigenvalue weighted by molar-refractivity contribution is 0.565.